The Bertz CT molecular complexity index is 1140. The lowest BCUT2D eigenvalue weighted by molar-refractivity contribution is -0.385. The van der Waals surface area contributed by atoms with E-state index >= 15 is 0 Å². The Morgan fingerprint density at radius 2 is 1.79 bits per heavy atom. The Hall–Kier alpha value is -3.80. The predicted molar refractivity (Wildman–Crippen MR) is 123 cm³/mol. The van der Waals surface area contributed by atoms with Crippen LogP contribution in [0.4, 0.5) is 11.4 Å². The highest BCUT2D eigenvalue weighted by Gasteiger charge is 2.18. The molecule has 174 valence electrons. The minimum atomic E-state index is -0.548. The molecule has 0 bridgehead atoms. The van der Waals surface area contributed by atoms with Crippen molar-refractivity contribution in [1.29, 1.82) is 0 Å². The van der Waals surface area contributed by atoms with E-state index in [-0.39, 0.29) is 23.1 Å². The average Bonchev–Trinajstić information content (AvgIpc) is 3.25. The molecular weight excluding hydrogens is 450 g/mol. The minimum Gasteiger partial charge on any atom is -0.497 e. The molecule has 0 saturated carbocycles. The molecule has 0 aliphatic rings. The van der Waals surface area contributed by atoms with Gasteiger partial charge in [0.1, 0.15) is 11.5 Å². The fourth-order valence-corrected chi connectivity index (χ4v) is 3.87. The number of nitrogens with zero attached hydrogens (tertiary/aromatic N) is 4. The lowest BCUT2D eigenvalue weighted by atomic mass is 10.2. The topological polar surface area (TPSA) is 131 Å². The van der Waals surface area contributed by atoms with Gasteiger partial charge in [0, 0.05) is 36.0 Å². The second-order valence-electron chi connectivity index (χ2n) is 6.63. The predicted octanol–water partition coefficient (Wildman–Crippen LogP) is 3.63. The van der Waals surface area contributed by atoms with Gasteiger partial charge in [-0.2, -0.15) is 0 Å². The number of methoxy groups -OCH3 is 3. The highest BCUT2D eigenvalue weighted by molar-refractivity contribution is 7.99. The molecular formula is C21H23N5O6S. The number of amides is 1. The van der Waals surface area contributed by atoms with Crippen LogP contribution in [0.25, 0.3) is 11.4 Å². The molecule has 0 aliphatic carbocycles. The van der Waals surface area contributed by atoms with E-state index in [9.17, 15) is 14.9 Å². The van der Waals surface area contributed by atoms with Gasteiger partial charge in [-0.15, -0.1) is 10.2 Å². The lowest BCUT2D eigenvalue weighted by Crippen LogP contribution is -2.14. The third kappa shape index (κ3) is 5.52. The number of carbonyl (C=O) groups excluding carboxylic acids is 1. The normalized spacial score (nSPS) is 10.5. The maximum Gasteiger partial charge on any atom is 0.311 e. The Morgan fingerprint density at radius 3 is 2.36 bits per heavy atom. The van der Waals surface area contributed by atoms with Crippen molar-refractivity contribution < 1.29 is 23.9 Å². The van der Waals surface area contributed by atoms with Gasteiger partial charge in [-0.25, -0.2) is 0 Å². The van der Waals surface area contributed by atoms with E-state index in [2.05, 4.69) is 15.5 Å². The van der Waals surface area contributed by atoms with Crippen molar-refractivity contribution in [2.75, 3.05) is 32.4 Å². The molecule has 0 fully saturated rings. The summed E-state index contributed by atoms with van der Waals surface area (Å²) in [6.45, 7) is 2.54. The molecule has 11 nitrogen and oxygen atoms in total. The number of rotatable bonds is 10. The molecule has 3 aromatic rings. The number of ether oxygens (including phenoxy) is 3. The summed E-state index contributed by atoms with van der Waals surface area (Å²) < 4.78 is 17.6. The van der Waals surface area contributed by atoms with Crippen LogP contribution in [0.15, 0.2) is 41.6 Å². The molecule has 1 aromatic heterocycles. The van der Waals surface area contributed by atoms with Gasteiger partial charge in [-0.05, 0) is 25.1 Å². The molecule has 0 spiro atoms. The molecule has 2 aromatic carbocycles. The SMILES string of the molecule is CCn1c(SCC(=O)Nc2ccc([N+](=O)[O-])c(OC)c2)nnc1-c1cc(OC)cc(OC)c1. The van der Waals surface area contributed by atoms with E-state index in [1.54, 1.807) is 20.3 Å². The summed E-state index contributed by atoms with van der Waals surface area (Å²) in [5, 5.41) is 22.8. The second-order valence-corrected chi connectivity index (χ2v) is 7.57. The van der Waals surface area contributed by atoms with E-state index in [1.807, 2.05) is 23.6 Å². The van der Waals surface area contributed by atoms with Crippen LogP contribution in [-0.4, -0.2) is 52.7 Å². The number of nitro groups is 1. The first kappa shape index (κ1) is 23.9. The number of nitrogens with one attached hydrogen (secondary N) is 1. The van der Waals surface area contributed by atoms with E-state index in [0.717, 1.165) is 5.56 Å². The summed E-state index contributed by atoms with van der Waals surface area (Å²) in [7, 11) is 4.48. The van der Waals surface area contributed by atoms with Gasteiger partial charge in [0.05, 0.1) is 32.0 Å². The first-order valence-corrected chi connectivity index (χ1v) is 10.8. The average molecular weight is 474 g/mol. The molecule has 3 rings (SSSR count). The van der Waals surface area contributed by atoms with Crippen molar-refractivity contribution in [2.24, 2.45) is 0 Å². The summed E-state index contributed by atoms with van der Waals surface area (Å²) >= 11 is 1.23. The monoisotopic (exact) mass is 473 g/mol. The number of aromatic nitrogens is 3. The highest BCUT2D eigenvalue weighted by atomic mass is 32.2. The maximum absolute atomic E-state index is 12.5. The van der Waals surface area contributed by atoms with Crippen molar-refractivity contribution in [3.8, 4) is 28.6 Å². The standard InChI is InChI=1S/C21H23N5O6S/c1-5-25-20(13-8-15(30-2)11-16(9-13)31-3)23-24-21(25)33-12-19(27)22-14-6-7-17(26(28)29)18(10-14)32-4/h6-11H,5,12H2,1-4H3,(H,22,27). The van der Waals surface area contributed by atoms with Gasteiger partial charge in [-0.1, -0.05) is 11.8 Å². The molecule has 0 radical (unpaired) electrons. The quantitative estimate of drug-likeness (QED) is 0.266. The number of nitro benzene ring substituents is 1. The Morgan fingerprint density at radius 1 is 1.09 bits per heavy atom. The molecule has 33 heavy (non-hydrogen) atoms. The number of thioether (sulfide) groups is 1. The summed E-state index contributed by atoms with van der Waals surface area (Å²) in [4.78, 5) is 22.9. The van der Waals surface area contributed by atoms with Crippen LogP contribution in [0.2, 0.25) is 0 Å². The number of hydrogen-bond donors (Lipinski definition) is 1. The van der Waals surface area contributed by atoms with Gasteiger partial charge in [0.15, 0.2) is 16.7 Å². The first-order valence-electron chi connectivity index (χ1n) is 9.81. The molecule has 0 atom stereocenters. The van der Waals surface area contributed by atoms with Crippen molar-refractivity contribution in [3.63, 3.8) is 0 Å². The van der Waals surface area contributed by atoms with Gasteiger partial charge < -0.3 is 24.1 Å². The zero-order valence-electron chi connectivity index (χ0n) is 18.5. The minimum absolute atomic E-state index is 0.0644. The van der Waals surface area contributed by atoms with Crippen LogP contribution in [0.3, 0.4) is 0 Å². The number of hydrogen-bond acceptors (Lipinski definition) is 9. The Labute approximate surface area is 194 Å². The van der Waals surface area contributed by atoms with Crippen molar-refractivity contribution in [1.82, 2.24) is 14.8 Å². The number of anilines is 1. The maximum atomic E-state index is 12.5. The van der Waals surface area contributed by atoms with Gasteiger partial charge >= 0.3 is 5.69 Å². The van der Waals surface area contributed by atoms with Gasteiger partial charge in [-0.3, -0.25) is 14.9 Å². The van der Waals surface area contributed by atoms with Crippen molar-refractivity contribution in [3.05, 3.63) is 46.5 Å². The molecule has 12 heteroatoms. The van der Waals surface area contributed by atoms with Crippen LogP contribution in [0, 0.1) is 10.1 Å². The van der Waals surface area contributed by atoms with Crippen molar-refractivity contribution >= 4 is 29.0 Å². The zero-order chi connectivity index (χ0) is 24.0. The lowest BCUT2D eigenvalue weighted by Gasteiger charge is -2.10. The summed E-state index contributed by atoms with van der Waals surface area (Å²) in [5.41, 5.74) is 0.988. The van der Waals surface area contributed by atoms with Crippen LogP contribution < -0.4 is 19.5 Å². The zero-order valence-corrected chi connectivity index (χ0v) is 19.3. The van der Waals surface area contributed by atoms with Crippen LogP contribution >= 0.6 is 11.8 Å². The van der Waals surface area contributed by atoms with Crippen LogP contribution in [0.5, 0.6) is 17.2 Å². The van der Waals surface area contributed by atoms with E-state index in [4.69, 9.17) is 14.2 Å². The third-order valence-electron chi connectivity index (χ3n) is 4.64. The van der Waals surface area contributed by atoms with Crippen molar-refractivity contribution in [2.45, 2.75) is 18.6 Å². The van der Waals surface area contributed by atoms with E-state index in [0.29, 0.717) is 34.7 Å². The highest BCUT2D eigenvalue weighted by Crippen LogP contribution is 2.32. The second kappa shape index (κ2) is 10.7. The summed E-state index contributed by atoms with van der Waals surface area (Å²) in [6.07, 6.45) is 0. The van der Waals surface area contributed by atoms with Crippen LogP contribution in [0.1, 0.15) is 6.92 Å². The third-order valence-corrected chi connectivity index (χ3v) is 5.60. The summed E-state index contributed by atoms with van der Waals surface area (Å²) in [6, 6.07) is 9.58. The van der Waals surface area contributed by atoms with E-state index < -0.39 is 4.92 Å². The molecule has 1 N–H and O–H groups in total. The molecule has 1 amide bonds. The van der Waals surface area contributed by atoms with Gasteiger partial charge in [0.2, 0.25) is 5.91 Å². The first-order chi connectivity index (χ1) is 15.9. The van der Waals surface area contributed by atoms with Gasteiger partial charge in [0.25, 0.3) is 0 Å². The van der Waals surface area contributed by atoms with Crippen LogP contribution in [-0.2, 0) is 11.3 Å². The largest absolute Gasteiger partial charge is 0.497 e. The number of benzene rings is 2. The Kier molecular flexibility index (Phi) is 7.72. The molecule has 0 saturated heterocycles. The molecule has 1 heterocycles. The molecule has 0 aliphatic heterocycles. The summed E-state index contributed by atoms with van der Waals surface area (Å²) in [5.74, 6) is 1.71. The van der Waals surface area contributed by atoms with E-state index in [1.165, 1.54) is 37.1 Å². The fourth-order valence-electron chi connectivity index (χ4n) is 3.06. The number of carbonyl (C=O) groups is 1. The molecule has 0 unspecified atom stereocenters. The fraction of sp³-hybridized carbons (Fsp3) is 0.286. The smallest absolute Gasteiger partial charge is 0.311 e. The Balaban J connectivity index is 1.73.